The smallest absolute Gasteiger partial charge is 0.149 e. The van der Waals surface area contributed by atoms with Crippen LogP contribution in [0.5, 0.6) is 5.75 Å². The van der Waals surface area contributed by atoms with Crippen LogP contribution in [0.2, 0.25) is 0 Å². The van der Waals surface area contributed by atoms with Gasteiger partial charge >= 0.3 is 0 Å². The summed E-state index contributed by atoms with van der Waals surface area (Å²) in [4.78, 5) is 10.8. The Morgan fingerprint density at radius 1 is 0.375 bits per heavy atom. The zero-order chi connectivity index (χ0) is 51.7. The van der Waals surface area contributed by atoms with E-state index in [4.69, 9.17) is 9.97 Å². The van der Waals surface area contributed by atoms with Gasteiger partial charge < -0.3 is 5.11 Å². The Hall–Kier alpha value is -7.04. The molecular weight excluding hydrogens is 875 g/mol. The molecule has 0 aliphatic heterocycles. The molecule has 72 heavy (non-hydrogen) atoms. The molecule has 0 amide bonds. The van der Waals surface area contributed by atoms with Crippen molar-refractivity contribution in [3.05, 3.63) is 192 Å². The molecule has 4 nitrogen and oxygen atoms in total. The fourth-order valence-corrected chi connectivity index (χ4v) is 9.77. The average Bonchev–Trinajstić information content (AvgIpc) is 3.72. The first-order valence-electron chi connectivity index (χ1n) is 25.7. The fraction of sp³-hybridized carbons (Fsp3) is 0.294. The summed E-state index contributed by atoms with van der Waals surface area (Å²) in [5, 5.41) is 12.7. The van der Waals surface area contributed by atoms with E-state index in [-0.39, 0.29) is 32.8 Å². The number of phenolic OH excluding ortho intramolecular Hbond substituents is 1. The highest BCUT2D eigenvalue weighted by Crippen LogP contribution is 2.47. The molecule has 0 spiro atoms. The van der Waals surface area contributed by atoms with Crippen molar-refractivity contribution in [3.63, 3.8) is 0 Å². The van der Waals surface area contributed by atoms with Crippen LogP contribution in [-0.2, 0) is 27.1 Å². The molecule has 0 radical (unpaired) electrons. The first-order valence-corrected chi connectivity index (χ1v) is 25.7. The molecule has 0 fully saturated rings. The standard InChI is InChI=1S/C68H73N3O/c1-64(2,3)50-29-30-59(55(40-50)44-25-20-17-21-26-44)71-60-28-22-27-54(61(60)70-63(71)56-41-53(67(10,11)12)42-57(62(56)72)68(13,14)15)48-33-46(43-23-18-16-19-24-43)34-49(35-48)58-38-45(31-32-69-58)47-36-51(65(4,5)6)39-52(37-47)66(7,8)9/h16-42,72H,1-15H3. The van der Waals surface area contributed by atoms with E-state index in [0.29, 0.717) is 11.4 Å². The lowest BCUT2D eigenvalue weighted by atomic mass is 9.79. The first kappa shape index (κ1) is 49.9. The van der Waals surface area contributed by atoms with E-state index in [1.54, 1.807) is 0 Å². The van der Waals surface area contributed by atoms with Crippen LogP contribution in [0.4, 0.5) is 0 Å². The summed E-state index contributed by atoms with van der Waals surface area (Å²) in [6.45, 7) is 33.8. The second-order valence-corrected chi connectivity index (χ2v) is 25.1. The van der Waals surface area contributed by atoms with Crippen molar-refractivity contribution >= 4 is 11.0 Å². The van der Waals surface area contributed by atoms with Gasteiger partial charge in [-0.2, -0.15) is 0 Å². The number of aromatic nitrogens is 3. The second kappa shape index (κ2) is 18.2. The molecule has 0 unspecified atom stereocenters. The van der Waals surface area contributed by atoms with Crippen LogP contribution in [0.25, 0.3) is 83.9 Å². The van der Waals surface area contributed by atoms with Crippen molar-refractivity contribution in [2.75, 3.05) is 0 Å². The third kappa shape index (κ3) is 9.94. The van der Waals surface area contributed by atoms with Crippen LogP contribution in [0.1, 0.15) is 132 Å². The molecule has 0 aliphatic carbocycles. The molecule has 0 saturated heterocycles. The zero-order valence-electron chi connectivity index (χ0n) is 45.4. The third-order valence-electron chi connectivity index (χ3n) is 14.3. The van der Waals surface area contributed by atoms with Gasteiger partial charge in [0.1, 0.15) is 11.6 Å². The zero-order valence-corrected chi connectivity index (χ0v) is 45.4. The van der Waals surface area contributed by atoms with Crippen LogP contribution in [0.3, 0.4) is 0 Å². The number of nitrogens with zero attached hydrogens (tertiary/aromatic N) is 3. The molecule has 2 aromatic heterocycles. The molecule has 0 saturated carbocycles. The SMILES string of the molecule is CC(C)(C)c1cc(-c2ccnc(-c3cc(-c4ccccc4)cc(-c4cccc5c4nc(-c4cc(C(C)(C)C)cc(C(C)(C)C)c4O)n5-c4ccc(C(C)(C)C)cc4-c4ccccc4)c3)c2)cc(C(C)(C)C)c1. The maximum absolute atomic E-state index is 12.7. The Morgan fingerprint density at radius 2 is 0.917 bits per heavy atom. The molecule has 2 heterocycles. The summed E-state index contributed by atoms with van der Waals surface area (Å²) < 4.78 is 2.30. The van der Waals surface area contributed by atoms with E-state index in [9.17, 15) is 5.11 Å². The first-order chi connectivity index (χ1) is 33.8. The summed E-state index contributed by atoms with van der Waals surface area (Å²) in [6.07, 6.45) is 1.95. The quantitative estimate of drug-likeness (QED) is 0.173. The minimum absolute atomic E-state index is 0.0132. The molecule has 9 aromatic rings. The van der Waals surface area contributed by atoms with E-state index in [2.05, 4.69) is 266 Å². The van der Waals surface area contributed by atoms with Crippen molar-refractivity contribution in [1.29, 1.82) is 0 Å². The average molecular weight is 948 g/mol. The number of para-hydroxylation sites is 1. The highest BCUT2D eigenvalue weighted by atomic mass is 16.3. The molecule has 9 rings (SSSR count). The fourth-order valence-electron chi connectivity index (χ4n) is 9.77. The predicted molar refractivity (Wildman–Crippen MR) is 307 cm³/mol. The summed E-state index contributed by atoms with van der Waals surface area (Å²) in [5.41, 5.74) is 19.4. The number of benzene rings is 7. The number of imidazole rings is 1. The summed E-state index contributed by atoms with van der Waals surface area (Å²) in [5.74, 6) is 0.941. The lowest BCUT2D eigenvalue weighted by molar-refractivity contribution is 0.446. The van der Waals surface area contributed by atoms with Gasteiger partial charge in [-0.25, -0.2) is 4.98 Å². The van der Waals surface area contributed by atoms with Crippen molar-refractivity contribution in [3.8, 4) is 78.6 Å². The van der Waals surface area contributed by atoms with E-state index in [1.165, 1.54) is 22.3 Å². The maximum Gasteiger partial charge on any atom is 0.149 e. The van der Waals surface area contributed by atoms with Crippen molar-refractivity contribution < 1.29 is 5.11 Å². The van der Waals surface area contributed by atoms with Crippen LogP contribution in [0.15, 0.2) is 164 Å². The third-order valence-corrected chi connectivity index (χ3v) is 14.3. The molecule has 0 aliphatic rings. The Labute approximate surface area is 429 Å². The van der Waals surface area contributed by atoms with Crippen LogP contribution < -0.4 is 0 Å². The van der Waals surface area contributed by atoms with E-state index in [0.717, 1.165) is 78.0 Å². The molecule has 4 heteroatoms. The molecule has 0 atom stereocenters. The lowest BCUT2D eigenvalue weighted by Crippen LogP contribution is -2.17. The Balaban J connectivity index is 1.34. The van der Waals surface area contributed by atoms with Crippen LogP contribution in [-0.4, -0.2) is 19.6 Å². The molecule has 7 aromatic carbocycles. The predicted octanol–water partition coefficient (Wildman–Crippen LogP) is 18.6. The van der Waals surface area contributed by atoms with Crippen LogP contribution >= 0.6 is 0 Å². The minimum atomic E-state index is -0.338. The number of fused-ring (bicyclic) bond motifs is 1. The van der Waals surface area contributed by atoms with Gasteiger partial charge in [0, 0.05) is 28.5 Å². The number of rotatable bonds is 7. The van der Waals surface area contributed by atoms with Gasteiger partial charge in [0.2, 0.25) is 0 Å². The summed E-state index contributed by atoms with van der Waals surface area (Å²) in [6, 6.07) is 57.4. The molecular formula is C68H73N3O. The minimum Gasteiger partial charge on any atom is -0.507 e. The number of phenols is 1. The van der Waals surface area contributed by atoms with Gasteiger partial charge in [0.05, 0.1) is 28.0 Å². The van der Waals surface area contributed by atoms with Gasteiger partial charge in [0.25, 0.3) is 0 Å². The van der Waals surface area contributed by atoms with Gasteiger partial charge in [-0.05, 0) is 137 Å². The van der Waals surface area contributed by atoms with Crippen molar-refractivity contribution in [2.45, 2.75) is 131 Å². The highest BCUT2D eigenvalue weighted by Gasteiger charge is 2.30. The number of pyridine rings is 1. The molecule has 366 valence electrons. The van der Waals surface area contributed by atoms with Crippen molar-refractivity contribution in [2.24, 2.45) is 0 Å². The number of hydrogen-bond donors (Lipinski definition) is 1. The molecule has 1 N–H and O–H groups in total. The van der Waals surface area contributed by atoms with E-state index >= 15 is 0 Å². The van der Waals surface area contributed by atoms with Gasteiger partial charge in [-0.1, -0.05) is 207 Å². The summed E-state index contributed by atoms with van der Waals surface area (Å²) in [7, 11) is 0. The number of hydrogen-bond acceptors (Lipinski definition) is 3. The van der Waals surface area contributed by atoms with E-state index in [1.807, 2.05) is 6.20 Å². The lowest BCUT2D eigenvalue weighted by Gasteiger charge is -2.28. The van der Waals surface area contributed by atoms with Crippen molar-refractivity contribution in [1.82, 2.24) is 14.5 Å². The van der Waals surface area contributed by atoms with E-state index < -0.39 is 0 Å². The Bertz CT molecular complexity index is 3430. The highest BCUT2D eigenvalue weighted by molar-refractivity contribution is 5.98. The molecule has 0 bridgehead atoms. The number of aromatic hydroxyl groups is 1. The normalized spacial score (nSPS) is 12.7. The second-order valence-electron chi connectivity index (χ2n) is 25.1. The largest absolute Gasteiger partial charge is 0.507 e. The van der Waals surface area contributed by atoms with Crippen LogP contribution in [0, 0.1) is 0 Å². The maximum atomic E-state index is 12.7. The Kier molecular flexibility index (Phi) is 12.6. The van der Waals surface area contributed by atoms with Gasteiger partial charge in [-0.3, -0.25) is 9.55 Å². The monoisotopic (exact) mass is 948 g/mol. The Morgan fingerprint density at radius 3 is 1.51 bits per heavy atom. The van der Waals surface area contributed by atoms with Gasteiger partial charge in [0.15, 0.2) is 0 Å². The van der Waals surface area contributed by atoms with Gasteiger partial charge in [-0.15, -0.1) is 0 Å². The summed E-state index contributed by atoms with van der Waals surface area (Å²) >= 11 is 0. The topological polar surface area (TPSA) is 50.9 Å².